The smallest absolute Gasteiger partial charge is 0.387 e. The fraction of sp³-hybridized carbons (Fsp3) is 0.316. The lowest BCUT2D eigenvalue weighted by atomic mass is 10.2. The third-order valence-electron chi connectivity index (χ3n) is 3.52. The Morgan fingerprint density at radius 3 is 2.67 bits per heavy atom. The van der Waals surface area contributed by atoms with Crippen LogP contribution in [-0.4, -0.2) is 39.3 Å². The lowest BCUT2D eigenvalue weighted by Gasteiger charge is -2.13. The zero-order valence-electron chi connectivity index (χ0n) is 15.1. The number of hydrogen-bond acceptors (Lipinski definition) is 5. The number of alkyl halides is 2. The zero-order chi connectivity index (χ0) is 19.6. The first-order chi connectivity index (χ1) is 13.0. The third kappa shape index (κ3) is 7.01. The van der Waals surface area contributed by atoms with E-state index in [0.29, 0.717) is 18.8 Å². The van der Waals surface area contributed by atoms with Crippen LogP contribution < -0.4 is 24.8 Å². The molecule has 0 aliphatic heterocycles. The summed E-state index contributed by atoms with van der Waals surface area (Å²) in [4.78, 5) is 11.9. The second-order valence-corrected chi connectivity index (χ2v) is 5.61. The quantitative estimate of drug-likeness (QED) is 0.620. The Balaban J connectivity index is 1.74. The summed E-state index contributed by atoms with van der Waals surface area (Å²) in [5.74, 6) is 0.560. The predicted octanol–water partition coefficient (Wildman–Crippen LogP) is 3.21. The minimum Gasteiger partial charge on any atom is -0.493 e. The van der Waals surface area contributed by atoms with Gasteiger partial charge in [0.05, 0.1) is 20.2 Å². The lowest BCUT2D eigenvalue weighted by Crippen LogP contribution is -2.33. The number of anilines is 1. The standard InChI is InChI=1S/C19H22F2N2O4/c1-13-4-3-5-15(10-13)26-9-8-22-18(24)12-23-14-6-7-16(25-2)17(11-14)27-19(20)21/h3-7,10-11,19,23H,8-9,12H2,1-2H3,(H,22,24). The SMILES string of the molecule is COc1ccc(NCC(=O)NCCOc2cccc(C)c2)cc1OC(F)F. The molecular weight excluding hydrogens is 358 g/mol. The van der Waals surface area contributed by atoms with Crippen molar-refractivity contribution in [3.05, 3.63) is 48.0 Å². The molecule has 0 atom stereocenters. The van der Waals surface area contributed by atoms with Crippen LogP contribution in [-0.2, 0) is 4.79 Å². The second kappa shape index (κ2) is 10.2. The molecule has 2 N–H and O–H groups in total. The highest BCUT2D eigenvalue weighted by Crippen LogP contribution is 2.31. The van der Waals surface area contributed by atoms with Crippen molar-refractivity contribution in [3.63, 3.8) is 0 Å². The summed E-state index contributed by atoms with van der Waals surface area (Å²) < 4.78 is 39.7. The van der Waals surface area contributed by atoms with Gasteiger partial charge in [-0.1, -0.05) is 12.1 Å². The first-order valence-corrected chi connectivity index (χ1v) is 8.31. The number of ether oxygens (including phenoxy) is 3. The van der Waals surface area contributed by atoms with Crippen molar-refractivity contribution in [1.29, 1.82) is 0 Å². The van der Waals surface area contributed by atoms with Gasteiger partial charge in [0.1, 0.15) is 12.4 Å². The highest BCUT2D eigenvalue weighted by molar-refractivity contribution is 5.80. The average Bonchev–Trinajstić information content (AvgIpc) is 2.63. The van der Waals surface area contributed by atoms with E-state index in [0.717, 1.165) is 11.3 Å². The van der Waals surface area contributed by atoms with Crippen LogP contribution in [0.25, 0.3) is 0 Å². The molecular formula is C19H22F2N2O4. The van der Waals surface area contributed by atoms with Crippen LogP contribution in [0, 0.1) is 6.92 Å². The van der Waals surface area contributed by atoms with E-state index in [1.165, 1.54) is 19.2 Å². The molecule has 2 aromatic carbocycles. The van der Waals surface area contributed by atoms with Gasteiger partial charge < -0.3 is 24.8 Å². The molecule has 0 spiro atoms. The van der Waals surface area contributed by atoms with E-state index in [1.54, 1.807) is 6.07 Å². The van der Waals surface area contributed by atoms with Crippen LogP contribution in [0.2, 0.25) is 0 Å². The van der Waals surface area contributed by atoms with Crippen LogP contribution in [0.5, 0.6) is 17.2 Å². The van der Waals surface area contributed by atoms with Crippen molar-refractivity contribution in [2.24, 2.45) is 0 Å². The Bertz CT molecular complexity index is 756. The van der Waals surface area contributed by atoms with Gasteiger partial charge >= 0.3 is 6.61 Å². The van der Waals surface area contributed by atoms with E-state index in [4.69, 9.17) is 9.47 Å². The molecule has 0 unspecified atom stereocenters. The Kier molecular flexibility index (Phi) is 7.66. The van der Waals surface area contributed by atoms with E-state index < -0.39 is 6.61 Å². The van der Waals surface area contributed by atoms with Crippen molar-refractivity contribution in [2.75, 3.05) is 32.1 Å². The van der Waals surface area contributed by atoms with Gasteiger partial charge in [0.25, 0.3) is 0 Å². The summed E-state index contributed by atoms with van der Waals surface area (Å²) in [5.41, 5.74) is 1.55. The Morgan fingerprint density at radius 1 is 1.15 bits per heavy atom. The van der Waals surface area contributed by atoms with Crippen molar-refractivity contribution in [3.8, 4) is 17.2 Å². The highest BCUT2D eigenvalue weighted by Gasteiger charge is 2.11. The summed E-state index contributed by atoms with van der Waals surface area (Å²) in [7, 11) is 1.35. The van der Waals surface area contributed by atoms with E-state index in [2.05, 4.69) is 15.4 Å². The number of amides is 1. The predicted molar refractivity (Wildman–Crippen MR) is 97.8 cm³/mol. The fourth-order valence-corrected chi connectivity index (χ4v) is 2.28. The molecule has 8 heteroatoms. The maximum atomic E-state index is 12.4. The van der Waals surface area contributed by atoms with E-state index in [9.17, 15) is 13.6 Å². The number of benzene rings is 2. The molecule has 0 saturated heterocycles. The van der Waals surface area contributed by atoms with Crippen LogP contribution >= 0.6 is 0 Å². The first-order valence-electron chi connectivity index (χ1n) is 8.31. The van der Waals surface area contributed by atoms with Gasteiger partial charge in [0.2, 0.25) is 5.91 Å². The molecule has 0 saturated carbocycles. The van der Waals surface area contributed by atoms with Crippen LogP contribution in [0.15, 0.2) is 42.5 Å². The highest BCUT2D eigenvalue weighted by atomic mass is 19.3. The van der Waals surface area contributed by atoms with Gasteiger partial charge in [-0.3, -0.25) is 4.79 Å². The number of carbonyl (C=O) groups excluding carboxylic acids is 1. The van der Waals surface area contributed by atoms with E-state index in [-0.39, 0.29) is 24.0 Å². The lowest BCUT2D eigenvalue weighted by molar-refractivity contribution is -0.119. The molecule has 0 bridgehead atoms. The van der Waals surface area contributed by atoms with E-state index >= 15 is 0 Å². The van der Waals surface area contributed by atoms with Gasteiger partial charge in [-0.05, 0) is 36.8 Å². The van der Waals surface area contributed by atoms with Gasteiger partial charge in [0.15, 0.2) is 11.5 Å². The number of nitrogens with one attached hydrogen (secondary N) is 2. The first kappa shape index (κ1) is 20.3. The zero-order valence-corrected chi connectivity index (χ0v) is 15.1. The number of aryl methyl sites for hydroxylation is 1. The molecule has 0 radical (unpaired) electrons. The fourth-order valence-electron chi connectivity index (χ4n) is 2.28. The number of hydrogen-bond donors (Lipinski definition) is 2. The maximum Gasteiger partial charge on any atom is 0.387 e. The molecule has 146 valence electrons. The second-order valence-electron chi connectivity index (χ2n) is 5.61. The average molecular weight is 380 g/mol. The van der Waals surface area contributed by atoms with Gasteiger partial charge in [-0.2, -0.15) is 8.78 Å². The number of methoxy groups -OCH3 is 1. The summed E-state index contributed by atoms with van der Waals surface area (Å²) in [6.07, 6.45) is 0. The molecule has 0 fully saturated rings. The number of carbonyl (C=O) groups is 1. The Morgan fingerprint density at radius 2 is 1.96 bits per heavy atom. The minimum atomic E-state index is -2.97. The molecule has 1 amide bonds. The third-order valence-corrected chi connectivity index (χ3v) is 3.52. The molecule has 0 aromatic heterocycles. The summed E-state index contributed by atoms with van der Waals surface area (Å²) in [6.45, 7) is -0.339. The Hall–Kier alpha value is -3.03. The number of halogens is 2. The summed E-state index contributed by atoms with van der Waals surface area (Å²) >= 11 is 0. The molecule has 27 heavy (non-hydrogen) atoms. The van der Waals surface area contributed by atoms with Crippen molar-refractivity contribution < 1.29 is 27.8 Å². The Labute approximate surface area is 156 Å². The van der Waals surface area contributed by atoms with Crippen LogP contribution in [0.4, 0.5) is 14.5 Å². The minimum absolute atomic E-state index is 0.0229. The topological polar surface area (TPSA) is 68.8 Å². The summed E-state index contributed by atoms with van der Waals surface area (Å²) in [6, 6.07) is 12.1. The van der Waals surface area contributed by atoms with Crippen molar-refractivity contribution >= 4 is 11.6 Å². The van der Waals surface area contributed by atoms with Gasteiger partial charge in [0, 0.05) is 11.8 Å². The van der Waals surface area contributed by atoms with Crippen LogP contribution in [0.1, 0.15) is 5.56 Å². The normalized spacial score (nSPS) is 10.4. The van der Waals surface area contributed by atoms with Crippen molar-refractivity contribution in [2.45, 2.75) is 13.5 Å². The molecule has 0 aliphatic rings. The van der Waals surface area contributed by atoms with Crippen molar-refractivity contribution in [1.82, 2.24) is 5.32 Å². The molecule has 2 aromatic rings. The van der Waals surface area contributed by atoms with E-state index in [1.807, 2.05) is 31.2 Å². The summed E-state index contributed by atoms with van der Waals surface area (Å²) in [5, 5.41) is 5.55. The molecule has 0 aliphatic carbocycles. The van der Waals surface area contributed by atoms with Gasteiger partial charge in [-0.25, -0.2) is 0 Å². The van der Waals surface area contributed by atoms with Crippen LogP contribution in [0.3, 0.4) is 0 Å². The largest absolute Gasteiger partial charge is 0.493 e. The molecule has 2 rings (SSSR count). The van der Waals surface area contributed by atoms with Gasteiger partial charge in [-0.15, -0.1) is 0 Å². The number of rotatable bonds is 10. The molecule has 6 nitrogen and oxygen atoms in total. The maximum absolute atomic E-state index is 12.4. The molecule has 0 heterocycles. The monoisotopic (exact) mass is 380 g/mol.